The fourth-order valence-electron chi connectivity index (χ4n) is 3.69. The van der Waals surface area contributed by atoms with Crippen LogP contribution in [0, 0.1) is 0 Å². The summed E-state index contributed by atoms with van der Waals surface area (Å²) in [5.41, 5.74) is 1.58. The van der Waals surface area contributed by atoms with Gasteiger partial charge in [0.15, 0.2) is 0 Å². The molecule has 0 radical (unpaired) electrons. The highest BCUT2D eigenvalue weighted by molar-refractivity contribution is 5.78. The fraction of sp³-hybridized carbons (Fsp3) is 0.500. The number of rotatable bonds is 4. The molecule has 1 amide bonds. The van der Waals surface area contributed by atoms with Gasteiger partial charge in [-0.15, -0.1) is 0 Å². The Kier molecular flexibility index (Phi) is 7.38. The van der Waals surface area contributed by atoms with Gasteiger partial charge in [0.1, 0.15) is 17.8 Å². The van der Waals surface area contributed by atoms with Crippen molar-refractivity contribution in [2.24, 2.45) is 0 Å². The second-order valence-corrected chi connectivity index (χ2v) is 10.4. The number of hydrogen-bond donors (Lipinski definition) is 0. The molecule has 0 fully saturated rings. The molecule has 0 spiro atoms. The van der Waals surface area contributed by atoms with Crippen molar-refractivity contribution in [1.29, 1.82) is 0 Å². The highest BCUT2D eigenvalue weighted by Crippen LogP contribution is 2.27. The molecule has 184 valence electrons. The van der Waals surface area contributed by atoms with E-state index in [9.17, 15) is 14.4 Å². The monoisotopic (exact) mass is 470 g/mol. The van der Waals surface area contributed by atoms with Crippen molar-refractivity contribution in [1.82, 2.24) is 9.47 Å². The molecule has 34 heavy (non-hydrogen) atoms. The third kappa shape index (κ3) is 6.85. The third-order valence-corrected chi connectivity index (χ3v) is 5.04. The van der Waals surface area contributed by atoms with Gasteiger partial charge >= 0.3 is 18.2 Å². The fourth-order valence-corrected chi connectivity index (χ4v) is 3.69. The molecule has 0 atom stereocenters. The predicted octanol–water partition coefficient (Wildman–Crippen LogP) is 4.85. The van der Waals surface area contributed by atoms with Gasteiger partial charge in [0, 0.05) is 24.4 Å². The Labute approximate surface area is 200 Å². The second kappa shape index (κ2) is 9.91. The maximum absolute atomic E-state index is 13.1. The van der Waals surface area contributed by atoms with Crippen LogP contribution in [0.2, 0.25) is 0 Å². The molecule has 8 nitrogen and oxygen atoms in total. The summed E-state index contributed by atoms with van der Waals surface area (Å²) in [5, 5.41) is 0. The lowest BCUT2D eigenvalue weighted by molar-refractivity contribution is -0.144. The Morgan fingerprint density at radius 3 is 2.15 bits per heavy atom. The van der Waals surface area contributed by atoms with Crippen LogP contribution in [-0.2, 0) is 45.0 Å². The van der Waals surface area contributed by atoms with Crippen molar-refractivity contribution >= 4 is 18.2 Å². The molecular weight excluding hydrogens is 436 g/mol. The first-order valence-corrected chi connectivity index (χ1v) is 11.5. The zero-order valence-electron chi connectivity index (χ0n) is 20.8. The summed E-state index contributed by atoms with van der Waals surface area (Å²) >= 11 is 0. The van der Waals surface area contributed by atoms with Crippen LogP contribution >= 0.6 is 0 Å². The molecule has 1 aromatic heterocycles. The molecule has 1 aliphatic heterocycles. The molecule has 1 aromatic carbocycles. The summed E-state index contributed by atoms with van der Waals surface area (Å²) in [7, 11) is 0. The number of nitrogens with zero attached hydrogens (tertiary/aromatic N) is 2. The summed E-state index contributed by atoms with van der Waals surface area (Å²) in [6.07, 6.45) is -0.615. The van der Waals surface area contributed by atoms with Gasteiger partial charge in [-0.3, -0.25) is 9.36 Å². The summed E-state index contributed by atoms with van der Waals surface area (Å²) in [4.78, 5) is 39.8. The van der Waals surface area contributed by atoms with Crippen LogP contribution in [0.5, 0.6) is 0 Å². The summed E-state index contributed by atoms with van der Waals surface area (Å²) < 4.78 is 18.0. The van der Waals surface area contributed by atoms with Crippen molar-refractivity contribution < 1.29 is 28.6 Å². The third-order valence-electron chi connectivity index (χ3n) is 5.04. The zero-order chi connectivity index (χ0) is 25.1. The number of fused-ring (bicyclic) bond motifs is 1. The van der Waals surface area contributed by atoms with Gasteiger partial charge in [-0.2, -0.15) is 0 Å². The number of aromatic nitrogens is 1. The molecule has 0 bridgehead atoms. The van der Waals surface area contributed by atoms with E-state index >= 15 is 0 Å². The highest BCUT2D eigenvalue weighted by atomic mass is 16.6. The number of carbonyl (C=O) groups is 3. The Morgan fingerprint density at radius 2 is 1.53 bits per heavy atom. The van der Waals surface area contributed by atoms with Crippen LogP contribution in [0.4, 0.5) is 9.59 Å². The van der Waals surface area contributed by atoms with Crippen molar-refractivity contribution in [3.05, 3.63) is 58.9 Å². The Morgan fingerprint density at radius 1 is 0.912 bits per heavy atom. The van der Waals surface area contributed by atoms with Crippen molar-refractivity contribution in [3.63, 3.8) is 0 Å². The Hall–Kier alpha value is -3.29. The number of hydrogen-bond acceptors (Lipinski definition) is 6. The molecule has 1 aliphatic rings. The summed E-state index contributed by atoms with van der Waals surface area (Å²) in [6.45, 7) is 11.7. The number of benzene rings is 1. The van der Waals surface area contributed by atoms with Gasteiger partial charge in [-0.25, -0.2) is 9.59 Å². The highest BCUT2D eigenvalue weighted by Gasteiger charge is 2.32. The lowest BCUT2D eigenvalue weighted by Gasteiger charge is -2.30. The molecule has 2 heterocycles. The van der Waals surface area contributed by atoms with E-state index in [1.54, 1.807) is 31.7 Å². The van der Waals surface area contributed by atoms with E-state index in [2.05, 4.69) is 0 Å². The second-order valence-electron chi connectivity index (χ2n) is 10.4. The predicted molar refractivity (Wildman–Crippen MR) is 126 cm³/mol. The normalized spacial score (nSPS) is 13.8. The average molecular weight is 471 g/mol. The SMILES string of the molecule is CC(C)(C)OC(=O)N1CCc2c(cc(CC(=O)OCc3ccccc3)n2C(=O)OC(C)(C)C)C1. The van der Waals surface area contributed by atoms with Crippen molar-refractivity contribution in [2.75, 3.05) is 6.54 Å². The molecule has 2 aromatic rings. The maximum atomic E-state index is 13.1. The van der Waals surface area contributed by atoms with E-state index in [0.717, 1.165) is 16.8 Å². The average Bonchev–Trinajstić information content (AvgIpc) is 3.07. The maximum Gasteiger partial charge on any atom is 0.418 e. The summed E-state index contributed by atoms with van der Waals surface area (Å²) in [6, 6.07) is 11.2. The molecule has 0 saturated carbocycles. The van der Waals surface area contributed by atoms with E-state index in [4.69, 9.17) is 14.2 Å². The van der Waals surface area contributed by atoms with E-state index < -0.39 is 29.4 Å². The lowest BCUT2D eigenvalue weighted by Crippen LogP contribution is -2.40. The minimum atomic E-state index is -0.698. The number of ether oxygens (including phenoxy) is 3. The molecule has 8 heteroatoms. The first-order valence-electron chi connectivity index (χ1n) is 11.5. The van der Waals surface area contributed by atoms with Crippen molar-refractivity contribution in [3.8, 4) is 0 Å². The first-order chi connectivity index (χ1) is 15.8. The van der Waals surface area contributed by atoms with Gasteiger partial charge in [-0.1, -0.05) is 30.3 Å². The standard InChI is InChI=1S/C26H34N2O6/c1-25(2,3)33-23(30)27-13-12-21-19(16-27)14-20(28(21)24(31)34-26(4,5)6)15-22(29)32-17-18-10-8-7-9-11-18/h7-11,14H,12-13,15-17H2,1-6H3. The molecule has 0 aliphatic carbocycles. The van der Waals surface area contributed by atoms with E-state index in [1.165, 1.54) is 4.57 Å². The van der Waals surface area contributed by atoms with Gasteiger partial charge in [0.05, 0.1) is 13.0 Å². The minimum absolute atomic E-state index is 0.0918. The van der Waals surface area contributed by atoms with Crippen LogP contribution in [0.15, 0.2) is 36.4 Å². The lowest BCUT2D eigenvalue weighted by atomic mass is 10.1. The molecule has 0 unspecified atom stereocenters. The van der Waals surface area contributed by atoms with Gasteiger partial charge in [0.2, 0.25) is 0 Å². The zero-order valence-corrected chi connectivity index (χ0v) is 20.8. The van der Waals surface area contributed by atoms with E-state index in [1.807, 2.05) is 51.1 Å². The van der Waals surface area contributed by atoms with E-state index in [0.29, 0.717) is 18.7 Å². The minimum Gasteiger partial charge on any atom is -0.461 e. The molecule has 0 N–H and O–H groups in total. The Bertz CT molecular complexity index is 1040. The van der Waals surface area contributed by atoms with Crippen LogP contribution < -0.4 is 0 Å². The van der Waals surface area contributed by atoms with Crippen LogP contribution in [0.25, 0.3) is 0 Å². The van der Waals surface area contributed by atoms with Crippen LogP contribution in [0.1, 0.15) is 64.1 Å². The van der Waals surface area contributed by atoms with Gasteiger partial charge in [-0.05, 0) is 58.7 Å². The number of esters is 1. The topological polar surface area (TPSA) is 87.1 Å². The number of carbonyl (C=O) groups excluding carboxylic acids is 3. The summed E-state index contributed by atoms with van der Waals surface area (Å²) in [5.74, 6) is -0.451. The van der Waals surface area contributed by atoms with Crippen LogP contribution in [0.3, 0.4) is 0 Å². The molecule has 3 rings (SSSR count). The largest absolute Gasteiger partial charge is 0.461 e. The molecular formula is C26H34N2O6. The molecule has 0 saturated heterocycles. The van der Waals surface area contributed by atoms with Gasteiger partial charge < -0.3 is 19.1 Å². The van der Waals surface area contributed by atoms with Crippen LogP contribution in [-0.4, -0.2) is 45.4 Å². The van der Waals surface area contributed by atoms with Gasteiger partial charge in [0.25, 0.3) is 0 Å². The van der Waals surface area contributed by atoms with Crippen molar-refractivity contribution in [2.45, 2.75) is 78.7 Å². The quantitative estimate of drug-likeness (QED) is 0.469. The smallest absolute Gasteiger partial charge is 0.418 e. The number of amides is 1. The Balaban J connectivity index is 1.81. The van der Waals surface area contributed by atoms with E-state index in [-0.39, 0.29) is 19.6 Å². The first kappa shape index (κ1) is 25.3.